The quantitative estimate of drug-likeness (QED) is 0.494. The summed E-state index contributed by atoms with van der Waals surface area (Å²) in [5.74, 6) is 0. The van der Waals surface area contributed by atoms with Crippen molar-refractivity contribution in [2.45, 2.75) is 0 Å². The summed E-state index contributed by atoms with van der Waals surface area (Å²) in [6.45, 7) is 0. The van der Waals surface area contributed by atoms with E-state index in [-0.39, 0.29) is 39.8 Å². The zero-order chi connectivity index (χ0) is 6.00. The molecular weight excluding hydrogens is 463 g/mol. The molecule has 6 heavy (non-hydrogen) atoms. The van der Waals surface area contributed by atoms with Crippen LogP contribution in [0.4, 0.5) is 0 Å². The Balaban J connectivity index is -0.0000000225. The van der Waals surface area contributed by atoms with Crippen molar-refractivity contribution in [2.24, 2.45) is 0 Å². The first kappa shape index (κ1) is 15.8. The molecule has 32 valence electrons. The summed E-state index contributed by atoms with van der Waals surface area (Å²) in [5, 5.41) is 0. The Labute approximate surface area is 89.3 Å². The average Bonchev–Trinajstić information content (AvgIpc) is 1.81. The van der Waals surface area contributed by atoms with Gasteiger partial charge in [0.1, 0.15) is 0 Å². The van der Waals surface area contributed by atoms with Crippen LogP contribution < -0.4 is 0 Å². The molecule has 0 unspecified atom stereocenters. The van der Waals surface area contributed by atoms with Crippen molar-refractivity contribution in [1.29, 1.82) is 0 Å². The second kappa shape index (κ2) is 53.7. The minimum absolute atomic E-state index is 0.0556. The molecule has 0 fully saturated rings. The van der Waals surface area contributed by atoms with Gasteiger partial charge in [0.25, 0.3) is 0 Å². The molecule has 0 aromatic heterocycles. The van der Waals surface area contributed by atoms with Crippen LogP contribution in [0, 0.1) is 39.8 Å². The van der Waals surface area contributed by atoms with E-state index in [1.54, 1.807) is 0 Å². The topological polar surface area (TPSA) is 51.2 Å². The summed E-state index contributed by atoms with van der Waals surface area (Å²) in [5.41, 5.74) is 0. The third-order valence-corrected chi connectivity index (χ3v) is 0. The molecule has 0 aliphatic rings. The molecule has 0 heterocycles. The summed E-state index contributed by atoms with van der Waals surface area (Å²) in [4.78, 5) is 0. The first-order valence-corrected chi connectivity index (χ1v) is 4.06. The molecule has 0 saturated heterocycles. The van der Waals surface area contributed by atoms with E-state index in [4.69, 9.17) is 7.15 Å². The SMILES string of the molecule is [O]=[Ce].[O]=[W].[O]=[Zr]. The van der Waals surface area contributed by atoms with Crippen molar-refractivity contribution in [3.8, 4) is 0 Å². The first-order valence-electron chi connectivity index (χ1n) is 0.575. The Kier molecular flexibility index (Phi) is 141. The predicted octanol–water partition coefficient (Wildman–Crippen LogP) is -0.361. The van der Waals surface area contributed by atoms with E-state index in [0.717, 1.165) is 0 Å². The normalized spacial score (nSPS) is 1.67. The Morgan fingerprint density at radius 1 is 1.17 bits per heavy atom. The van der Waals surface area contributed by atoms with Gasteiger partial charge in [0.05, 0.1) is 0 Å². The van der Waals surface area contributed by atoms with Gasteiger partial charge in [0.15, 0.2) is 0 Å². The monoisotopic (exact) mass is 462 g/mol. The van der Waals surface area contributed by atoms with Crippen LogP contribution in [0.3, 0.4) is 0 Å². The van der Waals surface area contributed by atoms with Gasteiger partial charge in [-0.2, -0.15) is 0 Å². The molecule has 0 rings (SSSR count). The predicted molar refractivity (Wildman–Crippen MR) is 2.06 cm³/mol. The fourth-order valence-electron chi connectivity index (χ4n) is 0. The maximum absolute atomic E-state index is 8.39. The van der Waals surface area contributed by atoms with Crippen molar-refractivity contribution in [3.63, 3.8) is 0 Å². The molecule has 0 radical (unpaired) electrons. The zero-order valence-electron chi connectivity index (χ0n) is 2.63. The van der Waals surface area contributed by atoms with Crippen LogP contribution in [0.1, 0.15) is 0 Å². The van der Waals surface area contributed by atoms with Gasteiger partial charge in [-0.1, -0.05) is 0 Å². The van der Waals surface area contributed by atoms with Gasteiger partial charge in [-0.15, -0.1) is 0 Å². The van der Waals surface area contributed by atoms with Crippen LogP contribution in [-0.2, 0) is 51.6 Å². The average molecular weight is 463 g/mol. The fraction of sp³-hybridized carbons (Fsp3) is 0. The van der Waals surface area contributed by atoms with E-state index < -0.39 is 0 Å². The molecule has 0 aliphatic heterocycles. The molecule has 0 saturated carbocycles. The van der Waals surface area contributed by atoms with Gasteiger partial charge in [-0.25, -0.2) is 0 Å². The molecule has 0 aliphatic carbocycles. The van der Waals surface area contributed by atoms with Gasteiger partial charge >= 0.3 is 91.4 Å². The van der Waals surface area contributed by atoms with Crippen molar-refractivity contribution in [3.05, 3.63) is 0 Å². The van der Waals surface area contributed by atoms with Crippen molar-refractivity contribution < 1.29 is 91.4 Å². The van der Waals surface area contributed by atoms with E-state index in [9.17, 15) is 0 Å². The fourth-order valence-corrected chi connectivity index (χ4v) is 0. The van der Waals surface area contributed by atoms with Gasteiger partial charge in [-0.3, -0.25) is 0 Å². The summed E-state index contributed by atoms with van der Waals surface area (Å²) < 4.78 is 25.1. The van der Waals surface area contributed by atoms with Crippen LogP contribution in [0.2, 0.25) is 0 Å². The van der Waals surface area contributed by atoms with Crippen LogP contribution in [0.25, 0.3) is 0 Å². The third-order valence-electron chi connectivity index (χ3n) is 0. The maximum atomic E-state index is 8.39. The van der Waals surface area contributed by atoms with Crippen LogP contribution in [0.15, 0.2) is 0 Å². The molecule has 0 atom stereocenters. The van der Waals surface area contributed by atoms with Crippen LogP contribution >= 0.6 is 0 Å². The van der Waals surface area contributed by atoms with E-state index >= 15 is 0 Å². The molecule has 0 amide bonds. The van der Waals surface area contributed by atoms with E-state index in [1.807, 2.05) is 0 Å². The third kappa shape index (κ3) is 32.9. The van der Waals surface area contributed by atoms with Crippen molar-refractivity contribution >= 4 is 0 Å². The van der Waals surface area contributed by atoms with E-state index in [1.165, 1.54) is 0 Å². The first-order chi connectivity index (χ1) is 3.00. The Morgan fingerprint density at radius 2 is 1.17 bits per heavy atom. The molecule has 0 aromatic rings. The zero-order valence-corrected chi connectivity index (χ0v) is 11.2. The number of rotatable bonds is 0. The Hall–Kier alpha value is 2.35. The summed E-state index contributed by atoms with van der Waals surface area (Å²) in [6, 6.07) is 0. The second-order valence-corrected chi connectivity index (χ2v) is 0. The molecule has 0 spiro atoms. The van der Waals surface area contributed by atoms with Gasteiger partial charge in [0.2, 0.25) is 0 Å². The molecular formula is CeO3WZr. The number of hydrogen-bond acceptors (Lipinski definition) is 3. The van der Waals surface area contributed by atoms with Crippen LogP contribution in [0.5, 0.6) is 0 Å². The van der Waals surface area contributed by atoms with E-state index in [2.05, 4.69) is 0 Å². The second-order valence-electron chi connectivity index (χ2n) is 0. The number of hydrogen-bond donors (Lipinski definition) is 0. The Morgan fingerprint density at radius 3 is 1.17 bits per heavy atom. The van der Waals surface area contributed by atoms with Crippen molar-refractivity contribution in [1.82, 2.24) is 0 Å². The molecule has 3 nitrogen and oxygen atoms in total. The summed E-state index contributed by atoms with van der Waals surface area (Å²) >= 11 is 0.689. The molecule has 0 aromatic carbocycles. The summed E-state index contributed by atoms with van der Waals surface area (Å²) in [7, 11) is 0. The standard InChI is InChI=1S/Ce.3O.W.Zr. The molecule has 0 N–H and O–H groups in total. The molecule has 6 heteroatoms. The Bertz CT molecular complexity index is 15.5. The van der Waals surface area contributed by atoms with Gasteiger partial charge < -0.3 is 0 Å². The van der Waals surface area contributed by atoms with Crippen LogP contribution in [-0.4, -0.2) is 0 Å². The van der Waals surface area contributed by atoms with E-state index in [0.29, 0.717) is 44.5 Å². The summed E-state index contributed by atoms with van der Waals surface area (Å²) in [6.07, 6.45) is 0. The van der Waals surface area contributed by atoms with Gasteiger partial charge in [-0.05, 0) is 0 Å². The van der Waals surface area contributed by atoms with Crippen molar-refractivity contribution in [2.75, 3.05) is 0 Å². The van der Waals surface area contributed by atoms with Gasteiger partial charge in [0, 0.05) is 0 Å². The molecule has 0 bridgehead atoms. The minimum atomic E-state index is 0.0556.